The summed E-state index contributed by atoms with van der Waals surface area (Å²) in [6, 6.07) is -0.610. The molecule has 0 bridgehead atoms. The maximum atomic E-state index is 11.6. The Hall–Kier alpha value is -2.10. The molecule has 0 saturated carbocycles. The van der Waals surface area contributed by atoms with E-state index >= 15 is 0 Å². The Bertz CT molecular complexity index is 562. The largest absolute Gasteiger partial charge is 0.490 e. The summed E-state index contributed by atoms with van der Waals surface area (Å²) in [4.78, 5) is 31.7. The Morgan fingerprint density at radius 3 is 2.04 bits per heavy atom. The van der Waals surface area contributed by atoms with Crippen molar-refractivity contribution in [3.8, 4) is 0 Å². The van der Waals surface area contributed by atoms with Crippen LogP contribution in [-0.4, -0.2) is 52.4 Å². The summed E-state index contributed by atoms with van der Waals surface area (Å²) in [6.45, 7) is 7.67. The molecule has 1 heterocycles. The molecule has 0 aliphatic carbocycles. The zero-order chi connectivity index (χ0) is 22.1. The topological polar surface area (TPSA) is 116 Å². The fourth-order valence-electron chi connectivity index (χ4n) is 3.36. The molecule has 1 rings (SSSR count). The van der Waals surface area contributed by atoms with Gasteiger partial charge in [0.15, 0.2) is 0 Å². The van der Waals surface area contributed by atoms with Gasteiger partial charge in [-0.3, -0.25) is 14.9 Å². The average molecular weight is 410 g/mol. The Morgan fingerprint density at radius 1 is 1.21 bits per heavy atom. The zero-order valence-corrected chi connectivity index (χ0v) is 16.4. The molecule has 28 heavy (non-hydrogen) atoms. The molecule has 1 saturated heterocycles. The van der Waals surface area contributed by atoms with Gasteiger partial charge < -0.3 is 15.5 Å². The summed E-state index contributed by atoms with van der Waals surface area (Å²) < 4.78 is 31.7. The van der Waals surface area contributed by atoms with Crippen molar-refractivity contribution in [3.63, 3.8) is 0 Å². The van der Waals surface area contributed by atoms with Gasteiger partial charge in [0.1, 0.15) is 6.04 Å². The van der Waals surface area contributed by atoms with E-state index in [0.717, 1.165) is 12.8 Å². The Morgan fingerprint density at radius 2 is 1.71 bits per heavy atom. The summed E-state index contributed by atoms with van der Waals surface area (Å²) in [6.07, 6.45) is 1.42. The van der Waals surface area contributed by atoms with E-state index in [9.17, 15) is 27.9 Å². The van der Waals surface area contributed by atoms with Crippen molar-refractivity contribution in [2.45, 2.75) is 71.3 Å². The lowest BCUT2D eigenvalue weighted by Gasteiger charge is -2.34. The van der Waals surface area contributed by atoms with E-state index in [1.54, 1.807) is 0 Å². The number of carboxylic acid groups (broad SMARTS) is 2. The fraction of sp³-hybridized carbons (Fsp3) is 0.722. The number of rotatable bonds is 7. The number of amides is 1. The number of allylic oxidation sites excluding steroid dienone is 1. The molecule has 0 aromatic carbocycles. The minimum absolute atomic E-state index is 0.0314. The van der Waals surface area contributed by atoms with Crippen molar-refractivity contribution >= 4 is 17.8 Å². The lowest BCUT2D eigenvalue weighted by Crippen LogP contribution is -2.54. The van der Waals surface area contributed by atoms with Gasteiger partial charge in [-0.2, -0.15) is 13.2 Å². The molecular formula is C18H29F3N2O5. The molecule has 162 valence electrons. The minimum atomic E-state index is -5.08. The van der Waals surface area contributed by atoms with Gasteiger partial charge in [-0.15, -0.1) is 0 Å². The molecule has 0 unspecified atom stereocenters. The number of carboxylic acids is 2. The predicted molar refractivity (Wildman–Crippen MR) is 96.6 cm³/mol. The first-order valence-corrected chi connectivity index (χ1v) is 9.07. The first-order valence-electron chi connectivity index (χ1n) is 9.07. The Balaban J connectivity index is 0.000000887. The molecule has 4 N–H and O–H groups in total. The van der Waals surface area contributed by atoms with Crippen molar-refractivity contribution in [1.82, 2.24) is 10.6 Å². The second-order valence-electron chi connectivity index (χ2n) is 6.61. The van der Waals surface area contributed by atoms with Crippen molar-refractivity contribution in [1.29, 1.82) is 0 Å². The van der Waals surface area contributed by atoms with Crippen LogP contribution in [0.2, 0.25) is 0 Å². The van der Waals surface area contributed by atoms with Crippen molar-refractivity contribution < 1.29 is 37.8 Å². The molecule has 0 aromatic heterocycles. The van der Waals surface area contributed by atoms with Gasteiger partial charge in [-0.05, 0) is 25.2 Å². The van der Waals surface area contributed by atoms with Crippen molar-refractivity contribution in [2.75, 3.05) is 0 Å². The van der Waals surface area contributed by atoms with E-state index in [4.69, 9.17) is 9.90 Å². The highest BCUT2D eigenvalue weighted by Crippen LogP contribution is 2.29. The van der Waals surface area contributed by atoms with Crippen LogP contribution in [0.5, 0.6) is 0 Å². The zero-order valence-electron chi connectivity index (χ0n) is 16.4. The molecule has 0 spiro atoms. The quantitative estimate of drug-likeness (QED) is 0.480. The van der Waals surface area contributed by atoms with Gasteiger partial charge in [-0.25, -0.2) is 4.79 Å². The maximum Gasteiger partial charge on any atom is 0.490 e. The highest BCUT2D eigenvalue weighted by molar-refractivity contribution is 5.75. The number of hydrogen-bond acceptors (Lipinski definition) is 4. The highest BCUT2D eigenvalue weighted by Gasteiger charge is 2.42. The lowest BCUT2D eigenvalue weighted by molar-refractivity contribution is -0.192. The summed E-state index contributed by atoms with van der Waals surface area (Å²) in [5.41, 5.74) is 0. The van der Waals surface area contributed by atoms with Crippen LogP contribution >= 0.6 is 0 Å². The van der Waals surface area contributed by atoms with Gasteiger partial charge in [0.05, 0.1) is 0 Å². The summed E-state index contributed by atoms with van der Waals surface area (Å²) >= 11 is 0. The Labute approximate surface area is 162 Å². The van der Waals surface area contributed by atoms with Gasteiger partial charge >= 0.3 is 18.1 Å². The number of aliphatic carboxylic acids is 2. The number of hydrogen-bond donors (Lipinski definition) is 4. The summed E-state index contributed by atoms with van der Waals surface area (Å²) in [5, 5.41) is 22.6. The number of halogens is 3. The van der Waals surface area contributed by atoms with E-state index in [1.807, 2.05) is 13.0 Å². The summed E-state index contributed by atoms with van der Waals surface area (Å²) in [7, 11) is 0. The molecule has 1 aliphatic rings. The van der Waals surface area contributed by atoms with Gasteiger partial charge in [0.25, 0.3) is 0 Å². The van der Waals surface area contributed by atoms with Crippen LogP contribution in [0, 0.1) is 11.8 Å². The van der Waals surface area contributed by atoms with Gasteiger partial charge in [0, 0.05) is 19.0 Å². The van der Waals surface area contributed by atoms with Gasteiger partial charge in [-0.1, -0.05) is 38.8 Å². The van der Waals surface area contributed by atoms with E-state index in [0.29, 0.717) is 12.3 Å². The lowest BCUT2D eigenvalue weighted by atomic mass is 9.83. The van der Waals surface area contributed by atoms with E-state index < -0.39 is 24.2 Å². The molecule has 0 radical (unpaired) electrons. The third-order valence-electron chi connectivity index (χ3n) is 4.66. The molecule has 7 nitrogen and oxygen atoms in total. The normalized spacial score (nSPS) is 23.2. The molecule has 1 fully saturated rings. The van der Waals surface area contributed by atoms with Crippen molar-refractivity contribution in [3.05, 3.63) is 12.2 Å². The Kier molecular flexibility index (Phi) is 10.8. The predicted octanol–water partition coefficient (Wildman–Crippen LogP) is 2.57. The first-order chi connectivity index (χ1) is 12.9. The summed E-state index contributed by atoms with van der Waals surface area (Å²) in [5.74, 6) is -3.17. The van der Waals surface area contributed by atoms with E-state index in [2.05, 4.69) is 30.6 Å². The molecular weight excluding hydrogens is 381 g/mol. The van der Waals surface area contributed by atoms with E-state index in [-0.39, 0.29) is 23.9 Å². The van der Waals surface area contributed by atoms with Gasteiger partial charge in [0.2, 0.25) is 5.91 Å². The van der Waals surface area contributed by atoms with Crippen LogP contribution in [0.4, 0.5) is 13.2 Å². The third kappa shape index (κ3) is 8.28. The first kappa shape index (κ1) is 25.9. The smallest absolute Gasteiger partial charge is 0.480 e. The number of carbonyl (C=O) groups excluding carboxylic acids is 1. The van der Waals surface area contributed by atoms with E-state index in [1.165, 1.54) is 6.92 Å². The van der Waals surface area contributed by atoms with Crippen LogP contribution in [0.3, 0.4) is 0 Å². The molecule has 0 aromatic rings. The number of nitrogens with one attached hydrogen (secondary N) is 2. The standard InChI is InChI=1S/C16H28N2O3.C2HF3O2/c1-5-8-12-9-13(16(20)21)18-15(12)14(17-10(4)19)11(6-2)7-3;3-2(4,5)1(6)7/h5,8,11-15,18H,6-7,9H2,1-4H3,(H,17,19)(H,20,21);(H,6,7)/b8-5-;/t12-,13-,14-,15-;/m1./s1. The molecule has 10 heteroatoms. The van der Waals surface area contributed by atoms with Crippen LogP contribution in [0.1, 0.15) is 47.0 Å². The van der Waals surface area contributed by atoms with Crippen LogP contribution in [-0.2, 0) is 14.4 Å². The molecule has 1 aliphatic heterocycles. The minimum Gasteiger partial charge on any atom is -0.480 e. The third-order valence-corrected chi connectivity index (χ3v) is 4.66. The average Bonchev–Trinajstić information content (AvgIpc) is 2.99. The fourth-order valence-corrected chi connectivity index (χ4v) is 3.36. The molecule has 4 atom stereocenters. The number of carbonyl (C=O) groups is 3. The van der Waals surface area contributed by atoms with Crippen molar-refractivity contribution in [2.24, 2.45) is 11.8 Å². The maximum absolute atomic E-state index is 11.6. The molecule has 1 amide bonds. The second-order valence-corrected chi connectivity index (χ2v) is 6.61. The SMILES string of the molecule is C/C=C\[C@@H]1C[C@H](C(=O)O)N[C@H]1[C@H](NC(C)=O)C(CC)CC.O=C(O)C(F)(F)F. The van der Waals surface area contributed by atoms with Crippen LogP contribution < -0.4 is 10.6 Å². The highest BCUT2D eigenvalue weighted by atomic mass is 19.4. The van der Waals surface area contributed by atoms with Crippen LogP contribution in [0.15, 0.2) is 12.2 Å². The van der Waals surface area contributed by atoms with Crippen LogP contribution in [0.25, 0.3) is 0 Å². The number of alkyl halides is 3. The second kappa shape index (κ2) is 11.7. The monoisotopic (exact) mass is 410 g/mol.